The van der Waals surface area contributed by atoms with Crippen molar-refractivity contribution in [3.8, 4) is 17.1 Å². The van der Waals surface area contributed by atoms with Crippen molar-refractivity contribution in [3.63, 3.8) is 0 Å². The highest BCUT2D eigenvalue weighted by atomic mass is 19.4. The smallest absolute Gasteiger partial charge is 0.406 e. The zero-order valence-electron chi connectivity index (χ0n) is 19.1. The van der Waals surface area contributed by atoms with Gasteiger partial charge in [0.25, 0.3) is 0 Å². The summed E-state index contributed by atoms with van der Waals surface area (Å²) in [5, 5.41) is 6.81. The lowest BCUT2D eigenvalue weighted by Gasteiger charge is -2.10. The Morgan fingerprint density at radius 3 is 2.40 bits per heavy atom. The van der Waals surface area contributed by atoms with Gasteiger partial charge in [0.05, 0.1) is 17.2 Å². The fourth-order valence-electron chi connectivity index (χ4n) is 3.67. The number of nitrogens with one attached hydrogen (secondary N) is 2. The Morgan fingerprint density at radius 1 is 1.06 bits per heavy atom. The summed E-state index contributed by atoms with van der Waals surface area (Å²) in [7, 11) is 1.81. The molecule has 1 aromatic heterocycles. The Balaban J connectivity index is 1.48. The van der Waals surface area contributed by atoms with Gasteiger partial charge in [0.2, 0.25) is 0 Å². The molecule has 0 bridgehead atoms. The van der Waals surface area contributed by atoms with Crippen LogP contribution in [0.2, 0.25) is 0 Å². The minimum atomic E-state index is -4.74. The molecule has 0 aliphatic heterocycles. The molecule has 0 atom stereocenters. The van der Waals surface area contributed by atoms with Crippen molar-refractivity contribution >= 4 is 29.0 Å². The van der Waals surface area contributed by atoms with Crippen LogP contribution in [0.1, 0.15) is 16.7 Å². The highest BCUT2D eigenvalue weighted by Crippen LogP contribution is 2.28. The van der Waals surface area contributed by atoms with Crippen LogP contribution in [0.3, 0.4) is 0 Å². The zero-order valence-corrected chi connectivity index (χ0v) is 19.1. The highest BCUT2D eigenvalue weighted by molar-refractivity contribution is 5.93. The molecule has 0 spiro atoms. The first-order valence-corrected chi connectivity index (χ1v) is 10.6. The Bertz CT molecular complexity index is 1390. The molecule has 2 amide bonds. The van der Waals surface area contributed by atoms with Crippen molar-refractivity contribution in [2.24, 2.45) is 12.1 Å². The van der Waals surface area contributed by atoms with Crippen LogP contribution < -0.4 is 15.5 Å². The van der Waals surface area contributed by atoms with E-state index in [0.717, 1.165) is 27.9 Å². The maximum atomic E-state index is 12.4. The molecule has 0 radical (unpaired) electrons. The quantitative estimate of drug-likeness (QED) is 0.275. The van der Waals surface area contributed by atoms with Crippen molar-refractivity contribution < 1.29 is 22.7 Å². The largest absolute Gasteiger partial charge is 0.573 e. The summed E-state index contributed by atoms with van der Waals surface area (Å²) in [5.74, 6) is 0.284. The van der Waals surface area contributed by atoms with Crippen LogP contribution >= 0.6 is 0 Å². The lowest BCUT2D eigenvalue weighted by molar-refractivity contribution is -0.274. The minimum Gasteiger partial charge on any atom is -0.406 e. The van der Waals surface area contributed by atoms with E-state index >= 15 is 0 Å². The monoisotopic (exact) mass is 481 g/mol. The molecule has 35 heavy (non-hydrogen) atoms. The number of hydrazone groups is 1. The molecule has 7 nitrogen and oxygen atoms in total. The number of carbonyl (C=O) groups excluding carboxylic acids is 1. The van der Waals surface area contributed by atoms with Gasteiger partial charge in [0, 0.05) is 18.3 Å². The number of halogens is 3. The van der Waals surface area contributed by atoms with Gasteiger partial charge in [-0.2, -0.15) is 5.10 Å². The summed E-state index contributed by atoms with van der Waals surface area (Å²) in [5.41, 5.74) is 7.95. The zero-order chi connectivity index (χ0) is 25.2. The van der Waals surface area contributed by atoms with E-state index in [1.807, 2.05) is 49.7 Å². The number of hydrogen-bond donors (Lipinski definition) is 2. The van der Waals surface area contributed by atoms with Gasteiger partial charge in [-0.05, 0) is 66.9 Å². The second-order valence-corrected chi connectivity index (χ2v) is 7.91. The number of aromatic nitrogens is 2. The third-order valence-corrected chi connectivity index (χ3v) is 5.35. The van der Waals surface area contributed by atoms with Crippen molar-refractivity contribution in [1.29, 1.82) is 0 Å². The van der Waals surface area contributed by atoms with Gasteiger partial charge in [-0.1, -0.05) is 24.3 Å². The Hall–Kier alpha value is -4.34. The summed E-state index contributed by atoms with van der Waals surface area (Å²) in [6.07, 6.45) is -3.23. The number of benzene rings is 3. The first-order valence-electron chi connectivity index (χ1n) is 10.6. The number of rotatable bonds is 5. The number of hydrogen-bond acceptors (Lipinski definition) is 4. The normalized spacial score (nSPS) is 11.7. The fraction of sp³-hybridized carbons (Fsp3) is 0.160. The number of nitrogens with zero attached hydrogens (tertiary/aromatic N) is 3. The van der Waals surface area contributed by atoms with E-state index in [1.165, 1.54) is 30.5 Å². The molecule has 10 heteroatoms. The van der Waals surface area contributed by atoms with E-state index in [-0.39, 0.29) is 5.75 Å². The maximum absolute atomic E-state index is 12.4. The van der Waals surface area contributed by atoms with Gasteiger partial charge in [0.1, 0.15) is 11.6 Å². The van der Waals surface area contributed by atoms with E-state index in [4.69, 9.17) is 0 Å². The third kappa shape index (κ3) is 5.60. The molecule has 0 aliphatic rings. The maximum Gasteiger partial charge on any atom is 0.573 e. The number of aryl methyl sites for hydroxylation is 3. The van der Waals surface area contributed by atoms with Crippen LogP contribution in [0.25, 0.3) is 22.4 Å². The first kappa shape index (κ1) is 23.8. The molecule has 1 heterocycles. The Kier molecular flexibility index (Phi) is 6.46. The number of anilines is 1. The van der Waals surface area contributed by atoms with Crippen LogP contribution in [0, 0.1) is 13.8 Å². The van der Waals surface area contributed by atoms with E-state index < -0.39 is 12.4 Å². The topological polar surface area (TPSA) is 80.5 Å². The van der Waals surface area contributed by atoms with Crippen LogP contribution in [0.4, 0.5) is 23.7 Å². The average Bonchev–Trinajstić information content (AvgIpc) is 3.12. The summed E-state index contributed by atoms with van der Waals surface area (Å²) >= 11 is 0. The number of ether oxygens (including phenoxy) is 1. The second-order valence-electron chi connectivity index (χ2n) is 7.91. The number of para-hydroxylation sites is 1. The van der Waals surface area contributed by atoms with E-state index in [0.29, 0.717) is 16.9 Å². The van der Waals surface area contributed by atoms with Crippen LogP contribution in [-0.2, 0) is 7.05 Å². The van der Waals surface area contributed by atoms with Gasteiger partial charge >= 0.3 is 12.4 Å². The summed E-state index contributed by atoms with van der Waals surface area (Å²) in [6.45, 7) is 3.82. The van der Waals surface area contributed by atoms with Crippen molar-refractivity contribution in [2.45, 2.75) is 20.2 Å². The van der Waals surface area contributed by atoms with Gasteiger partial charge in [-0.25, -0.2) is 15.2 Å². The third-order valence-electron chi connectivity index (χ3n) is 5.35. The first-order chi connectivity index (χ1) is 16.6. The predicted octanol–water partition coefficient (Wildman–Crippen LogP) is 5.91. The SMILES string of the molecule is Cc1cccc(C)c1NC(=O)N/N=C/c1ccc2nc(-c3ccc(OC(F)(F)F)cc3)n(C)c2c1. The predicted molar refractivity (Wildman–Crippen MR) is 128 cm³/mol. The number of amides is 2. The van der Waals surface area contributed by atoms with E-state index in [9.17, 15) is 18.0 Å². The Morgan fingerprint density at radius 2 is 1.74 bits per heavy atom. The molecule has 4 aromatic rings. The molecule has 2 N–H and O–H groups in total. The molecule has 0 saturated carbocycles. The molecular formula is C25H22F3N5O2. The molecule has 180 valence electrons. The molecule has 4 rings (SSSR count). The lowest BCUT2D eigenvalue weighted by atomic mass is 10.1. The van der Waals surface area contributed by atoms with Crippen LogP contribution in [-0.4, -0.2) is 28.2 Å². The number of alkyl halides is 3. The summed E-state index contributed by atoms with van der Waals surface area (Å²) < 4.78 is 42.9. The van der Waals surface area contributed by atoms with Crippen LogP contribution in [0.5, 0.6) is 5.75 Å². The van der Waals surface area contributed by atoms with Gasteiger partial charge in [-0.15, -0.1) is 13.2 Å². The lowest BCUT2D eigenvalue weighted by Crippen LogP contribution is -2.25. The minimum absolute atomic E-state index is 0.298. The highest BCUT2D eigenvalue weighted by Gasteiger charge is 2.31. The number of imidazole rings is 1. The molecule has 3 aromatic carbocycles. The Labute approximate surface area is 199 Å². The summed E-state index contributed by atoms with van der Waals surface area (Å²) in [4.78, 5) is 16.8. The van der Waals surface area contributed by atoms with Crippen molar-refractivity contribution in [1.82, 2.24) is 15.0 Å². The van der Waals surface area contributed by atoms with Gasteiger partial charge < -0.3 is 14.6 Å². The number of fused-ring (bicyclic) bond motifs is 1. The van der Waals surface area contributed by atoms with Gasteiger partial charge in [0.15, 0.2) is 0 Å². The van der Waals surface area contributed by atoms with E-state index in [2.05, 4.69) is 25.6 Å². The molecule has 0 fully saturated rings. The standard InChI is InChI=1S/C25H22F3N5O2/c1-15-5-4-6-16(2)22(15)31-24(34)32-29-14-17-7-12-20-21(13-17)33(3)23(30-20)18-8-10-19(11-9-18)35-25(26,27)28/h4-14H,1-3H3,(H2,31,32,34)/b29-14+. The van der Waals surface area contributed by atoms with Gasteiger partial charge in [-0.3, -0.25) is 0 Å². The molecule has 0 aliphatic carbocycles. The van der Waals surface area contributed by atoms with Crippen molar-refractivity contribution in [2.75, 3.05) is 5.32 Å². The van der Waals surface area contributed by atoms with E-state index in [1.54, 1.807) is 12.1 Å². The molecule has 0 saturated heterocycles. The molecular weight excluding hydrogens is 459 g/mol. The number of urea groups is 1. The summed E-state index contributed by atoms with van der Waals surface area (Å²) in [6, 6.07) is 16.3. The fourth-order valence-corrected chi connectivity index (χ4v) is 3.67. The second kappa shape index (κ2) is 9.49. The average molecular weight is 481 g/mol. The van der Waals surface area contributed by atoms with Crippen molar-refractivity contribution in [3.05, 3.63) is 77.4 Å². The molecule has 0 unspecified atom stereocenters. The van der Waals surface area contributed by atoms with Crippen LogP contribution in [0.15, 0.2) is 65.8 Å². The number of carbonyl (C=O) groups is 1.